The number of hydrogen-bond donors (Lipinski definition) is 2. The van der Waals surface area contributed by atoms with Crippen LogP contribution < -0.4 is 10.6 Å². The van der Waals surface area contributed by atoms with Crippen LogP contribution in [0.3, 0.4) is 0 Å². The summed E-state index contributed by atoms with van der Waals surface area (Å²) in [4.78, 5) is 27.8. The van der Waals surface area contributed by atoms with E-state index in [-0.39, 0.29) is 12.2 Å². The van der Waals surface area contributed by atoms with Crippen molar-refractivity contribution in [2.45, 2.75) is 70.8 Å². The number of rotatable bonds is 8. The number of ether oxygens (including phenoxy) is 3. The first-order valence-electron chi connectivity index (χ1n) is 15.4. The zero-order chi connectivity index (χ0) is 33.0. The van der Waals surface area contributed by atoms with Gasteiger partial charge in [0.25, 0.3) is 0 Å². The molecule has 3 amide bonds. The molecule has 0 radical (unpaired) electrons. The third-order valence-corrected chi connectivity index (χ3v) is 7.97. The maximum Gasteiger partial charge on any atom is 0.410 e. The molecule has 3 heterocycles. The summed E-state index contributed by atoms with van der Waals surface area (Å²) in [5, 5.41) is 10.9. The standard InChI is InChI=1S/C34H41F2N5O5/c1-21-29(22-13-16-40(17-14-22)33(43)46-34(2,3)4)39-41(24-9-7-6-8-10-24)31(21)38-32(42)37-28-20-25(15-18-44-5)45-30(28)23-11-12-26(35)27(36)19-23/h6-13,19,25,28,30H,14-18,20H2,1-5H3,(H2,37,38,42)/t25-,28-,30+/m1/s1. The Morgan fingerprint density at radius 1 is 1.11 bits per heavy atom. The molecule has 1 fully saturated rings. The van der Waals surface area contributed by atoms with Crippen molar-refractivity contribution in [3.05, 3.63) is 83.1 Å². The van der Waals surface area contributed by atoms with E-state index in [4.69, 9.17) is 19.3 Å². The molecule has 2 aliphatic rings. The van der Waals surface area contributed by atoms with Gasteiger partial charge in [-0.15, -0.1) is 0 Å². The van der Waals surface area contributed by atoms with Crippen LogP contribution in [0.25, 0.3) is 11.3 Å². The van der Waals surface area contributed by atoms with E-state index >= 15 is 0 Å². The molecule has 246 valence electrons. The van der Waals surface area contributed by atoms with Crippen LogP contribution in [0.1, 0.15) is 63.0 Å². The Morgan fingerprint density at radius 2 is 1.87 bits per heavy atom. The van der Waals surface area contributed by atoms with Gasteiger partial charge in [-0.25, -0.2) is 23.1 Å². The largest absolute Gasteiger partial charge is 0.444 e. The first-order valence-corrected chi connectivity index (χ1v) is 15.4. The summed E-state index contributed by atoms with van der Waals surface area (Å²) in [6.45, 7) is 8.70. The molecule has 46 heavy (non-hydrogen) atoms. The van der Waals surface area contributed by atoms with E-state index in [0.29, 0.717) is 56.0 Å². The van der Waals surface area contributed by atoms with Gasteiger partial charge < -0.3 is 24.4 Å². The zero-order valence-electron chi connectivity index (χ0n) is 26.8. The van der Waals surface area contributed by atoms with Gasteiger partial charge in [-0.1, -0.05) is 30.3 Å². The molecule has 10 nitrogen and oxygen atoms in total. The number of methoxy groups -OCH3 is 1. The summed E-state index contributed by atoms with van der Waals surface area (Å²) in [6.07, 6.45) is 2.28. The fourth-order valence-electron chi connectivity index (χ4n) is 5.73. The highest BCUT2D eigenvalue weighted by molar-refractivity contribution is 5.91. The van der Waals surface area contributed by atoms with Crippen LogP contribution in [0, 0.1) is 18.6 Å². The quantitative estimate of drug-likeness (QED) is 0.291. The van der Waals surface area contributed by atoms with Gasteiger partial charge in [0.05, 0.1) is 23.5 Å². The highest BCUT2D eigenvalue weighted by Gasteiger charge is 2.38. The highest BCUT2D eigenvalue weighted by atomic mass is 19.2. The van der Waals surface area contributed by atoms with Gasteiger partial charge in [0.15, 0.2) is 11.6 Å². The number of urea groups is 1. The topological polar surface area (TPSA) is 107 Å². The third-order valence-electron chi connectivity index (χ3n) is 7.97. The fourth-order valence-corrected chi connectivity index (χ4v) is 5.73. The van der Waals surface area contributed by atoms with E-state index < -0.39 is 35.4 Å². The van der Waals surface area contributed by atoms with Crippen molar-refractivity contribution in [2.75, 3.05) is 32.1 Å². The number of para-hydroxylation sites is 1. The van der Waals surface area contributed by atoms with E-state index in [9.17, 15) is 18.4 Å². The number of halogens is 2. The molecule has 1 aromatic heterocycles. The molecular formula is C34H41F2N5O5. The van der Waals surface area contributed by atoms with Crippen LogP contribution >= 0.6 is 0 Å². The van der Waals surface area contributed by atoms with Gasteiger partial charge in [-0.05, 0) is 82.4 Å². The molecule has 12 heteroatoms. The molecular weight excluding hydrogens is 596 g/mol. The van der Waals surface area contributed by atoms with Crippen molar-refractivity contribution >= 4 is 23.5 Å². The average molecular weight is 638 g/mol. The van der Waals surface area contributed by atoms with Crippen LogP contribution in [0.4, 0.5) is 24.2 Å². The molecule has 0 aliphatic carbocycles. The summed E-state index contributed by atoms with van der Waals surface area (Å²) in [6, 6.07) is 12.1. The zero-order valence-corrected chi connectivity index (χ0v) is 26.8. The molecule has 3 atom stereocenters. The van der Waals surface area contributed by atoms with Crippen molar-refractivity contribution in [3.8, 4) is 5.69 Å². The van der Waals surface area contributed by atoms with Crippen molar-refractivity contribution in [1.82, 2.24) is 20.0 Å². The molecule has 2 aliphatic heterocycles. The van der Waals surface area contributed by atoms with E-state index in [0.717, 1.165) is 29.0 Å². The van der Waals surface area contributed by atoms with Gasteiger partial charge in [0.2, 0.25) is 0 Å². The van der Waals surface area contributed by atoms with Crippen molar-refractivity contribution in [3.63, 3.8) is 0 Å². The first kappa shape index (κ1) is 33.1. The Kier molecular flexibility index (Phi) is 10.1. The molecule has 0 spiro atoms. The first-order chi connectivity index (χ1) is 21.9. The number of carbonyl (C=O) groups excluding carboxylic acids is 2. The predicted molar refractivity (Wildman–Crippen MR) is 170 cm³/mol. The second-order valence-corrected chi connectivity index (χ2v) is 12.5. The number of carbonyl (C=O) groups is 2. The minimum Gasteiger partial charge on any atom is -0.444 e. The van der Waals surface area contributed by atoms with Crippen LogP contribution in [0.5, 0.6) is 0 Å². The Morgan fingerprint density at radius 3 is 2.52 bits per heavy atom. The molecule has 3 aromatic rings. The number of nitrogens with zero attached hydrogens (tertiary/aromatic N) is 3. The molecule has 2 N–H and O–H groups in total. The second kappa shape index (κ2) is 14.0. The normalized spacial score (nSPS) is 19.9. The van der Waals surface area contributed by atoms with Crippen molar-refractivity contribution in [1.29, 1.82) is 0 Å². The Hall–Kier alpha value is -4.29. The number of nitrogens with one attached hydrogen (secondary N) is 2. The lowest BCUT2D eigenvalue weighted by Gasteiger charge is -2.29. The fraction of sp³-hybridized carbons (Fsp3) is 0.441. The van der Waals surface area contributed by atoms with Crippen molar-refractivity contribution < 1.29 is 32.6 Å². The van der Waals surface area contributed by atoms with E-state index in [1.54, 1.807) is 16.7 Å². The van der Waals surface area contributed by atoms with Crippen molar-refractivity contribution in [2.24, 2.45) is 0 Å². The second-order valence-electron chi connectivity index (χ2n) is 12.5. The number of aromatic nitrogens is 2. The molecule has 0 bridgehead atoms. The Balaban J connectivity index is 1.38. The number of hydrogen-bond acceptors (Lipinski definition) is 6. The minimum absolute atomic E-state index is 0.245. The predicted octanol–water partition coefficient (Wildman–Crippen LogP) is 6.54. The van der Waals surface area contributed by atoms with Gasteiger partial charge in [-0.2, -0.15) is 5.10 Å². The molecule has 0 unspecified atom stereocenters. The monoisotopic (exact) mass is 637 g/mol. The lowest BCUT2D eigenvalue weighted by molar-refractivity contribution is 0.0210. The maximum absolute atomic E-state index is 14.2. The summed E-state index contributed by atoms with van der Waals surface area (Å²) in [5.41, 5.74) is 3.03. The lowest BCUT2D eigenvalue weighted by atomic mass is 10.00. The average Bonchev–Trinajstić information content (AvgIpc) is 3.57. The third kappa shape index (κ3) is 7.73. The Labute approximate surface area is 267 Å². The summed E-state index contributed by atoms with van der Waals surface area (Å²) >= 11 is 0. The van der Waals surface area contributed by atoms with E-state index in [1.165, 1.54) is 6.07 Å². The van der Waals surface area contributed by atoms with Crippen LogP contribution in [0.2, 0.25) is 0 Å². The SMILES string of the molecule is COCC[C@@H]1C[C@@H](NC(=O)Nc2c(C)c(C3=CCN(C(=O)OC(C)(C)C)CC3)nn2-c2ccccc2)[C@H](c2ccc(F)c(F)c2)O1. The number of anilines is 1. The maximum atomic E-state index is 14.2. The van der Waals surface area contributed by atoms with Gasteiger partial charge in [0, 0.05) is 32.4 Å². The van der Waals surface area contributed by atoms with E-state index in [1.807, 2.05) is 64.1 Å². The molecule has 5 rings (SSSR count). The molecule has 2 aromatic carbocycles. The molecule has 0 saturated carbocycles. The smallest absolute Gasteiger partial charge is 0.410 e. The van der Waals surface area contributed by atoms with Crippen LogP contribution in [-0.4, -0.2) is 71.4 Å². The van der Waals surface area contributed by atoms with Gasteiger partial charge >= 0.3 is 12.1 Å². The molecule has 1 saturated heterocycles. The van der Waals surface area contributed by atoms with Gasteiger partial charge in [-0.3, -0.25) is 5.32 Å². The Bertz CT molecular complexity index is 1590. The number of amides is 3. The minimum atomic E-state index is -0.981. The van der Waals surface area contributed by atoms with Crippen LogP contribution in [0.15, 0.2) is 54.6 Å². The van der Waals surface area contributed by atoms with Gasteiger partial charge in [0.1, 0.15) is 17.5 Å². The lowest BCUT2D eigenvalue weighted by Crippen LogP contribution is -2.40. The van der Waals surface area contributed by atoms with E-state index in [2.05, 4.69) is 10.6 Å². The summed E-state index contributed by atoms with van der Waals surface area (Å²) in [7, 11) is 1.60. The summed E-state index contributed by atoms with van der Waals surface area (Å²) < 4.78 is 46.5. The summed E-state index contributed by atoms with van der Waals surface area (Å²) in [5.74, 6) is -1.45. The number of benzene rings is 2. The van der Waals surface area contributed by atoms with Crippen LogP contribution in [-0.2, 0) is 14.2 Å². The highest BCUT2D eigenvalue weighted by Crippen LogP contribution is 2.36.